The highest BCUT2D eigenvalue weighted by molar-refractivity contribution is 8.19. The lowest BCUT2D eigenvalue weighted by molar-refractivity contribution is -0.113. The quantitative estimate of drug-likeness (QED) is 0.505. The summed E-state index contributed by atoms with van der Waals surface area (Å²) in [7, 11) is 0. The molecule has 2 heterocycles. The molecule has 28 heavy (non-hydrogen) atoms. The molecular formula is C20H17N5OS2. The predicted octanol–water partition coefficient (Wildman–Crippen LogP) is 4.63. The number of aryl methyl sites for hydroxylation is 1. The van der Waals surface area contributed by atoms with Crippen molar-refractivity contribution in [1.29, 1.82) is 0 Å². The Labute approximate surface area is 170 Å². The van der Waals surface area contributed by atoms with Gasteiger partial charge in [-0.3, -0.25) is 9.69 Å². The van der Waals surface area contributed by atoms with Crippen LogP contribution in [0.4, 0.5) is 16.5 Å². The van der Waals surface area contributed by atoms with Gasteiger partial charge in [0.2, 0.25) is 5.13 Å². The summed E-state index contributed by atoms with van der Waals surface area (Å²) in [5.41, 5.74) is 9.11. The second kappa shape index (κ2) is 7.57. The second-order valence-electron chi connectivity index (χ2n) is 6.16. The summed E-state index contributed by atoms with van der Waals surface area (Å²) in [6, 6.07) is 17.0. The summed E-state index contributed by atoms with van der Waals surface area (Å²) in [6.45, 7) is 3.80. The van der Waals surface area contributed by atoms with E-state index in [0.29, 0.717) is 20.9 Å². The average molecular weight is 408 g/mol. The third-order valence-electron chi connectivity index (χ3n) is 4.16. The van der Waals surface area contributed by atoms with Crippen LogP contribution in [0.5, 0.6) is 0 Å². The molecule has 1 amide bonds. The van der Waals surface area contributed by atoms with Crippen molar-refractivity contribution in [2.45, 2.75) is 13.8 Å². The molecule has 1 aliphatic heterocycles. The smallest absolute Gasteiger partial charge is 0.271 e. The van der Waals surface area contributed by atoms with Crippen molar-refractivity contribution in [3.63, 3.8) is 0 Å². The van der Waals surface area contributed by atoms with E-state index in [1.807, 2.05) is 68.4 Å². The number of amides is 1. The third-order valence-corrected chi connectivity index (χ3v) is 6.04. The van der Waals surface area contributed by atoms with E-state index in [1.165, 1.54) is 23.1 Å². The van der Waals surface area contributed by atoms with Gasteiger partial charge in [0.15, 0.2) is 5.17 Å². The SMILES string of the molecule is C/C(=C1/S/C(=N/c2nnc(C)s2)N(c2ccccc2)C1=O)c1cccc(N)c1. The molecule has 1 aromatic heterocycles. The lowest BCUT2D eigenvalue weighted by Gasteiger charge is -2.15. The number of rotatable bonds is 3. The molecule has 2 aromatic carbocycles. The summed E-state index contributed by atoms with van der Waals surface area (Å²) >= 11 is 2.73. The van der Waals surface area contributed by atoms with Crippen molar-refractivity contribution in [3.05, 3.63) is 70.1 Å². The van der Waals surface area contributed by atoms with Crippen molar-refractivity contribution in [2.75, 3.05) is 10.6 Å². The van der Waals surface area contributed by atoms with Crippen LogP contribution in [0.3, 0.4) is 0 Å². The number of carbonyl (C=O) groups excluding carboxylic acids is 1. The zero-order chi connectivity index (χ0) is 19.7. The number of nitrogens with zero attached hydrogens (tertiary/aromatic N) is 4. The van der Waals surface area contributed by atoms with Crippen molar-refractivity contribution >= 4 is 56.3 Å². The molecule has 0 bridgehead atoms. The maximum Gasteiger partial charge on any atom is 0.271 e. The van der Waals surface area contributed by atoms with Crippen molar-refractivity contribution < 1.29 is 4.79 Å². The number of nitrogens with two attached hydrogens (primary N) is 1. The van der Waals surface area contributed by atoms with E-state index in [0.717, 1.165) is 21.8 Å². The second-order valence-corrected chi connectivity index (χ2v) is 8.29. The first kappa shape index (κ1) is 18.4. The zero-order valence-electron chi connectivity index (χ0n) is 15.3. The van der Waals surface area contributed by atoms with Crippen LogP contribution in [-0.4, -0.2) is 21.3 Å². The molecule has 0 spiro atoms. The Morgan fingerprint density at radius 3 is 2.57 bits per heavy atom. The summed E-state index contributed by atoms with van der Waals surface area (Å²) in [4.78, 5) is 20.2. The molecule has 0 aliphatic carbocycles. The third kappa shape index (κ3) is 3.56. The van der Waals surface area contributed by atoms with Crippen LogP contribution < -0.4 is 10.6 Å². The van der Waals surface area contributed by atoms with Gasteiger partial charge in [-0.15, -0.1) is 10.2 Å². The number of para-hydroxylation sites is 1. The first-order chi connectivity index (χ1) is 13.5. The highest BCUT2D eigenvalue weighted by Crippen LogP contribution is 2.40. The van der Waals surface area contributed by atoms with E-state index in [-0.39, 0.29) is 5.91 Å². The molecular weight excluding hydrogens is 390 g/mol. The van der Waals surface area contributed by atoms with Gasteiger partial charge in [-0.1, -0.05) is 41.7 Å². The minimum Gasteiger partial charge on any atom is -0.399 e. The fraction of sp³-hybridized carbons (Fsp3) is 0.100. The molecule has 1 saturated heterocycles. The largest absolute Gasteiger partial charge is 0.399 e. The fourth-order valence-electron chi connectivity index (χ4n) is 2.80. The number of carbonyl (C=O) groups is 1. The monoisotopic (exact) mass is 407 g/mol. The van der Waals surface area contributed by atoms with Crippen LogP contribution >= 0.6 is 23.1 Å². The van der Waals surface area contributed by atoms with E-state index in [4.69, 9.17) is 5.73 Å². The minimum atomic E-state index is -0.115. The number of anilines is 2. The van der Waals surface area contributed by atoms with E-state index in [2.05, 4.69) is 15.2 Å². The highest BCUT2D eigenvalue weighted by Gasteiger charge is 2.36. The van der Waals surface area contributed by atoms with E-state index < -0.39 is 0 Å². The first-order valence-corrected chi connectivity index (χ1v) is 10.2. The van der Waals surface area contributed by atoms with Gasteiger partial charge in [0.25, 0.3) is 5.91 Å². The number of nitrogen functional groups attached to an aromatic ring is 1. The summed E-state index contributed by atoms with van der Waals surface area (Å²) in [6.07, 6.45) is 0. The number of amidine groups is 1. The van der Waals surface area contributed by atoms with E-state index in [9.17, 15) is 4.79 Å². The molecule has 3 aromatic rings. The summed E-state index contributed by atoms with van der Waals surface area (Å²) in [5.74, 6) is -0.115. The Morgan fingerprint density at radius 1 is 1.11 bits per heavy atom. The van der Waals surface area contributed by atoms with Crippen molar-refractivity contribution in [1.82, 2.24) is 10.2 Å². The topological polar surface area (TPSA) is 84.5 Å². The first-order valence-electron chi connectivity index (χ1n) is 8.56. The van der Waals surface area contributed by atoms with Gasteiger partial charge in [-0.2, -0.15) is 4.99 Å². The normalized spacial score (nSPS) is 17.4. The van der Waals surface area contributed by atoms with Gasteiger partial charge in [-0.25, -0.2) is 0 Å². The molecule has 0 saturated carbocycles. The van der Waals surface area contributed by atoms with Crippen LogP contribution in [0.1, 0.15) is 17.5 Å². The number of aliphatic imine (C=N–C) groups is 1. The van der Waals surface area contributed by atoms with Crippen LogP contribution in [0.2, 0.25) is 0 Å². The lowest BCUT2D eigenvalue weighted by Crippen LogP contribution is -2.28. The predicted molar refractivity (Wildman–Crippen MR) is 117 cm³/mol. The Hall–Kier alpha value is -2.97. The maximum atomic E-state index is 13.3. The number of allylic oxidation sites excluding steroid dienone is 1. The molecule has 6 nitrogen and oxygen atoms in total. The van der Waals surface area contributed by atoms with Gasteiger partial charge in [0.05, 0.1) is 10.6 Å². The van der Waals surface area contributed by atoms with E-state index >= 15 is 0 Å². The lowest BCUT2D eigenvalue weighted by atomic mass is 10.1. The Morgan fingerprint density at radius 2 is 1.89 bits per heavy atom. The van der Waals surface area contributed by atoms with Crippen LogP contribution in [0.15, 0.2) is 64.5 Å². The molecule has 0 atom stereocenters. The Balaban J connectivity index is 1.82. The molecule has 0 unspecified atom stereocenters. The maximum absolute atomic E-state index is 13.3. The van der Waals surface area contributed by atoms with Crippen LogP contribution in [0.25, 0.3) is 5.57 Å². The summed E-state index contributed by atoms with van der Waals surface area (Å²) in [5, 5.41) is 9.99. The Bertz CT molecular complexity index is 1100. The molecule has 0 radical (unpaired) electrons. The molecule has 140 valence electrons. The van der Waals surface area contributed by atoms with Gasteiger partial charge in [-0.05, 0) is 61.0 Å². The van der Waals surface area contributed by atoms with Gasteiger partial charge in [0, 0.05) is 5.69 Å². The van der Waals surface area contributed by atoms with Crippen LogP contribution in [0, 0.1) is 6.92 Å². The van der Waals surface area contributed by atoms with Gasteiger partial charge >= 0.3 is 0 Å². The van der Waals surface area contributed by atoms with Gasteiger partial charge in [0.1, 0.15) is 5.01 Å². The molecule has 4 rings (SSSR count). The van der Waals surface area contributed by atoms with Gasteiger partial charge < -0.3 is 5.73 Å². The summed E-state index contributed by atoms with van der Waals surface area (Å²) < 4.78 is 0. The standard InChI is InChI=1S/C20H17N5OS2/c1-12(14-7-6-8-15(21)11-14)17-18(26)25(16-9-4-3-5-10-16)20(28-17)22-19-24-23-13(2)27-19/h3-11H,21H2,1-2H3/b17-12-,22-20+. The average Bonchev–Trinajstić information content (AvgIpc) is 3.25. The Kier molecular flexibility index (Phi) is 4.97. The minimum absolute atomic E-state index is 0.115. The number of thioether (sulfide) groups is 1. The molecule has 8 heteroatoms. The highest BCUT2D eigenvalue weighted by atomic mass is 32.2. The van der Waals surface area contributed by atoms with Crippen molar-refractivity contribution in [2.24, 2.45) is 4.99 Å². The van der Waals surface area contributed by atoms with Crippen molar-refractivity contribution in [3.8, 4) is 0 Å². The molecule has 2 N–H and O–H groups in total. The van der Waals surface area contributed by atoms with Crippen LogP contribution in [-0.2, 0) is 4.79 Å². The number of hydrogen-bond donors (Lipinski definition) is 1. The number of aromatic nitrogens is 2. The zero-order valence-corrected chi connectivity index (χ0v) is 16.9. The number of benzene rings is 2. The molecule has 1 fully saturated rings. The fourth-order valence-corrected chi connectivity index (χ4v) is 4.46. The molecule has 1 aliphatic rings. The number of hydrogen-bond acceptors (Lipinski definition) is 7. The van der Waals surface area contributed by atoms with E-state index in [1.54, 1.807) is 4.90 Å².